The first-order valence-corrected chi connectivity index (χ1v) is 7.75. The molecule has 1 fully saturated rings. The van der Waals surface area contributed by atoms with Crippen molar-refractivity contribution in [2.45, 2.75) is 25.9 Å². The van der Waals surface area contributed by atoms with Crippen molar-refractivity contribution in [1.82, 2.24) is 10.6 Å². The Kier molecular flexibility index (Phi) is 6.00. The minimum absolute atomic E-state index is 0.194. The van der Waals surface area contributed by atoms with Crippen molar-refractivity contribution in [3.63, 3.8) is 0 Å². The summed E-state index contributed by atoms with van der Waals surface area (Å²) >= 11 is 0. The number of aliphatic hydroxyl groups is 1. The highest BCUT2D eigenvalue weighted by Crippen LogP contribution is 2.23. The molecular formula is C16H24FN3O2. The van der Waals surface area contributed by atoms with Crippen LogP contribution in [0.3, 0.4) is 0 Å². The van der Waals surface area contributed by atoms with Crippen molar-refractivity contribution in [2.24, 2.45) is 5.92 Å². The second-order valence-corrected chi connectivity index (χ2v) is 5.85. The van der Waals surface area contributed by atoms with Crippen LogP contribution in [0.2, 0.25) is 0 Å². The van der Waals surface area contributed by atoms with Crippen LogP contribution in [0.15, 0.2) is 24.3 Å². The standard InChI is InChI=1S/C16H24FN3O2/c1-12(21)6-8-18-16(22)19-10-13-7-9-20(11-13)15-4-2-14(17)3-5-15/h2-5,12-13,21H,6-11H2,1H3,(H2,18,19,22). The van der Waals surface area contributed by atoms with Crippen molar-refractivity contribution in [3.05, 3.63) is 30.1 Å². The molecule has 0 aliphatic carbocycles. The zero-order chi connectivity index (χ0) is 15.9. The van der Waals surface area contributed by atoms with Crippen molar-refractivity contribution in [2.75, 3.05) is 31.1 Å². The van der Waals surface area contributed by atoms with E-state index in [2.05, 4.69) is 15.5 Å². The molecule has 1 heterocycles. The Morgan fingerprint density at radius 3 is 2.82 bits per heavy atom. The zero-order valence-corrected chi connectivity index (χ0v) is 12.9. The van der Waals surface area contributed by atoms with Gasteiger partial charge in [-0.3, -0.25) is 0 Å². The third kappa shape index (κ3) is 5.18. The predicted octanol–water partition coefficient (Wildman–Crippen LogP) is 1.72. The van der Waals surface area contributed by atoms with Crippen LogP contribution in [-0.2, 0) is 0 Å². The number of nitrogens with zero attached hydrogens (tertiary/aromatic N) is 1. The van der Waals surface area contributed by atoms with Gasteiger partial charge >= 0.3 is 6.03 Å². The molecule has 0 aromatic heterocycles. The number of halogens is 1. The van der Waals surface area contributed by atoms with Crippen LogP contribution in [0.25, 0.3) is 0 Å². The largest absolute Gasteiger partial charge is 0.393 e. The van der Waals surface area contributed by atoms with Crippen molar-refractivity contribution in [1.29, 1.82) is 0 Å². The molecule has 0 spiro atoms. The van der Waals surface area contributed by atoms with Gasteiger partial charge in [0.05, 0.1) is 6.10 Å². The molecule has 5 nitrogen and oxygen atoms in total. The summed E-state index contributed by atoms with van der Waals surface area (Å²) in [4.78, 5) is 13.8. The van der Waals surface area contributed by atoms with Crippen molar-refractivity contribution < 1.29 is 14.3 Å². The van der Waals surface area contributed by atoms with E-state index >= 15 is 0 Å². The lowest BCUT2D eigenvalue weighted by molar-refractivity contribution is 0.183. The summed E-state index contributed by atoms with van der Waals surface area (Å²) in [5, 5.41) is 14.7. The van der Waals surface area contributed by atoms with E-state index in [1.54, 1.807) is 19.1 Å². The average Bonchev–Trinajstić information content (AvgIpc) is 2.94. The number of rotatable bonds is 6. The number of benzene rings is 1. The van der Waals surface area contributed by atoms with E-state index in [-0.39, 0.29) is 11.8 Å². The summed E-state index contributed by atoms with van der Waals surface area (Å²) in [6, 6.07) is 6.32. The number of aliphatic hydroxyl groups excluding tert-OH is 1. The Balaban J connectivity index is 1.68. The molecule has 0 radical (unpaired) electrons. The van der Waals surface area contributed by atoms with Crippen LogP contribution in [0.5, 0.6) is 0 Å². The molecule has 0 saturated carbocycles. The number of carbonyl (C=O) groups is 1. The first-order chi connectivity index (χ1) is 10.5. The van der Waals surface area contributed by atoms with Gasteiger partial charge < -0.3 is 20.6 Å². The van der Waals surface area contributed by atoms with Crippen molar-refractivity contribution >= 4 is 11.7 Å². The van der Waals surface area contributed by atoms with E-state index in [0.717, 1.165) is 25.2 Å². The van der Waals surface area contributed by atoms with Crippen LogP contribution in [0.4, 0.5) is 14.9 Å². The first kappa shape index (κ1) is 16.5. The topological polar surface area (TPSA) is 64.6 Å². The monoisotopic (exact) mass is 309 g/mol. The molecule has 22 heavy (non-hydrogen) atoms. The van der Waals surface area contributed by atoms with Gasteiger partial charge in [0.25, 0.3) is 0 Å². The quantitative estimate of drug-likeness (QED) is 0.750. The van der Waals surface area contributed by atoms with Gasteiger partial charge in [0.1, 0.15) is 5.82 Å². The first-order valence-electron chi connectivity index (χ1n) is 7.75. The highest BCUT2D eigenvalue weighted by molar-refractivity contribution is 5.73. The molecule has 1 aromatic rings. The van der Waals surface area contributed by atoms with Gasteiger partial charge in [-0.1, -0.05) is 0 Å². The number of hydrogen-bond acceptors (Lipinski definition) is 3. The van der Waals surface area contributed by atoms with Crippen molar-refractivity contribution in [3.8, 4) is 0 Å². The van der Waals surface area contributed by atoms with Gasteiger partial charge in [0.2, 0.25) is 0 Å². The SMILES string of the molecule is CC(O)CCNC(=O)NCC1CCN(c2ccc(F)cc2)C1. The van der Waals surface area contributed by atoms with E-state index in [9.17, 15) is 9.18 Å². The van der Waals surface area contributed by atoms with Crippen LogP contribution in [0.1, 0.15) is 19.8 Å². The number of hydrogen-bond donors (Lipinski definition) is 3. The Hall–Kier alpha value is -1.82. The lowest BCUT2D eigenvalue weighted by Crippen LogP contribution is -2.39. The molecule has 2 atom stereocenters. The van der Waals surface area contributed by atoms with Gasteiger partial charge in [0.15, 0.2) is 0 Å². The fourth-order valence-corrected chi connectivity index (χ4v) is 2.58. The summed E-state index contributed by atoms with van der Waals surface area (Å²) in [6.07, 6.45) is 1.15. The van der Waals surface area contributed by atoms with E-state index in [4.69, 9.17) is 5.11 Å². The van der Waals surface area contributed by atoms with E-state index in [0.29, 0.717) is 25.4 Å². The van der Waals surface area contributed by atoms with Crippen LogP contribution in [-0.4, -0.2) is 43.4 Å². The maximum atomic E-state index is 12.9. The van der Waals surface area contributed by atoms with Gasteiger partial charge in [-0.2, -0.15) is 0 Å². The number of urea groups is 1. The van der Waals surface area contributed by atoms with E-state index in [1.165, 1.54) is 12.1 Å². The lowest BCUT2D eigenvalue weighted by Gasteiger charge is -2.19. The summed E-state index contributed by atoms with van der Waals surface area (Å²) in [6.45, 7) is 4.57. The molecule has 3 N–H and O–H groups in total. The molecule has 6 heteroatoms. The van der Waals surface area contributed by atoms with E-state index in [1.807, 2.05) is 0 Å². The third-order valence-electron chi connectivity index (χ3n) is 3.88. The molecule has 122 valence electrons. The maximum absolute atomic E-state index is 12.9. The molecular weight excluding hydrogens is 285 g/mol. The molecule has 2 amide bonds. The number of anilines is 1. The fraction of sp³-hybridized carbons (Fsp3) is 0.562. The highest BCUT2D eigenvalue weighted by Gasteiger charge is 2.23. The fourth-order valence-electron chi connectivity index (χ4n) is 2.58. The Labute approximate surface area is 130 Å². The minimum Gasteiger partial charge on any atom is -0.393 e. The van der Waals surface area contributed by atoms with Gasteiger partial charge in [-0.15, -0.1) is 0 Å². The predicted molar refractivity (Wildman–Crippen MR) is 84.4 cm³/mol. The molecule has 1 aliphatic heterocycles. The normalized spacial score (nSPS) is 19.0. The van der Waals surface area contributed by atoms with Gasteiger partial charge in [-0.05, 0) is 49.9 Å². The third-order valence-corrected chi connectivity index (χ3v) is 3.88. The highest BCUT2D eigenvalue weighted by atomic mass is 19.1. The van der Waals surface area contributed by atoms with Crippen LogP contribution < -0.4 is 15.5 Å². The lowest BCUT2D eigenvalue weighted by atomic mass is 10.1. The molecule has 0 bridgehead atoms. The maximum Gasteiger partial charge on any atom is 0.314 e. The van der Waals surface area contributed by atoms with Crippen LogP contribution >= 0.6 is 0 Å². The average molecular weight is 309 g/mol. The Morgan fingerprint density at radius 2 is 2.14 bits per heavy atom. The molecule has 1 aromatic carbocycles. The Bertz CT molecular complexity index is 479. The summed E-state index contributed by atoms with van der Waals surface area (Å²) in [5.41, 5.74) is 1.02. The smallest absolute Gasteiger partial charge is 0.314 e. The zero-order valence-electron chi connectivity index (χ0n) is 12.9. The molecule has 2 unspecified atom stereocenters. The Morgan fingerprint density at radius 1 is 1.41 bits per heavy atom. The van der Waals surface area contributed by atoms with Gasteiger partial charge in [0, 0.05) is 31.9 Å². The number of carbonyl (C=O) groups excluding carboxylic acids is 1. The van der Waals surface area contributed by atoms with Crippen LogP contribution in [0, 0.1) is 11.7 Å². The second-order valence-electron chi connectivity index (χ2n) is 5.85. The minimum atomic E-state index is -0.403. The number of amides is 2. The van der Waals surface area contributed by atoms with Gasteiger partial charge in [-0.25, -0.2) is 9.18 Å². The van der Waals surface area contributed by atoms with E-state index < -0.39 is 6.10 Å². The number of nitrogens with one attached hydrogen (secondary N) is 2. The summed E-state index contributed by atoms with van der Waals surface area (Å²) in [5.74, 6) is 0.169. The molecule has 2 rings (SSSR count). The molecule has 1 aliphatic rings. The summed E-state index contributed by atoms with van der Waals surface area (Å²) in [7, 11) is 0. The second kappa shape index (κ2) is 7.98. The molecule has 1 saturated heterocycles. The summed E-state index contributed by atoms with van der Waals surface area (Å²) < 4.78 is 12.9.